The van der Waals surface area contributed by atoms with Crippen molar-refractivity contribution in [3.8, 4) is 10.4 Å². The average molecular weight is 379 g/mol. The van der Waals surface area contributed by atoms with Gasteiger partial charge in [0.15, 0.2) is 0 Å². The Bertz CT molecular complexity index is 918. The van der Waals surface area contributed by atoms with Crippen molar-refractivity contribution in [2.75, 3.05) is 42.1 Å². The van der Waals surface area contributed by atoms with Crippen molar-refractivity contribution in [3.63, 3.8) is 0 Å². The number of anilines is 3. The molecular formula is C20H21N5OS. The number of hydrogen-bond donors (Lipinski definition) is 3. The Morgan fingerprint density at radius 2 is 2.04 bits per heavy atom. The van der Waals surface area contributed by atoms with Crippen LogP contribution in [0.3, 0.4) is 0 Å². The van der Waals surface area contributed by atoms with Gasteiger partial charge in [0, 0.05) is 37.3 Å². The van der Waals surface area contributed by atoms with Crippen molar-refractivity contribution in [3.05, 3.63) is 59.6 Å². The van der Waals surface area contributed by atoms with Crippen molar-refractivity contribution in [2.45, 2.75) is 0 Å². The molecule has 1 saturated heterocycles. The number of nitrogens with zero attached hydrogens (tertiary/aromatic N) is 2. The molecule has 1 aliphatic heterocycles. The minimum atomic E-state index is -0.218. The number of nitrogen functional groups attached to an aromatic ring is 1. The Labute approximate surface area is 162 Å². The fraction of sp³-hybridized carbons (Fsp3) is 0.200. The van der Waals surface area contributed by atoms with Gasteiger partial charge in [0.1, 0.15) is 5.82 Å². The summed E-state index contributed by atoms with van der Waals surface area (Å²) in [4.78, 5) is 20.4. The van der Waals surface area contributed by atoms with Crippen LogP contribution < -0.4 is 21.3 Å². The van der Waals surface area contributed by atoms with E-state index in [0.29, 0.717) is 16.9 Å². The number of rotatable bonds is 4. The molecule has 0 atom stereocenters. The van der Waals surface area contributed by atoms with Gasteiger partial charge < -0.3 is 21.3 Å². The summed E-state index contributed by atoms with van der Waals surface area (Å²) in [7, 11) is 0. The van der Waals surface area contributed by atoms with Crippen LogP contribution in [-0.2, 0) is 0 Å². The van der Waals surface area contributed by atoms with Crippen LogP contribution in [0.1, 0.15) is 10.4 Å². The minimum absolute atomic E-state index is 0.218. The molecule has 0 spiro atoms. The SMILES string of the molecule is Nc1ccc(-c2cccs2)cc1NC(=O)c1ccc(N2CCNCC2)nc1. The van der Waals surface area contributed by atoms with Gasteiger partial charge in [-0.1, -0.05) is 12.1 Å². The van der Waals surface area contributed by atoms with E-state index in [-0.39, 0.29) is 5.91 Å². The predicted octanol–water partition coefficient (Wildman–Crippen LogP) is 3.05. The van der Waals surface area contributed by atoms with Gasteiger partial charge in [-0.3, -0.25) is 4.79 Å². The monoisotopic (exact) mass is 379 g/mol. The molecule has 3 heterocycles. The van der Waals surface area contributed by atoms with Gasteiger partial charge in [0.2, 0.25) is 0 Å². The van der Waals surface area contributed by atoms with E-state index in [0.717, 1.165) is 42.4 Å². The Balaban J connectivity index is 1.49. The molecule has 0 unspecified atom stereocenters. The molecule has 0 aliphatic carbocycles. The summed E-state index contributed by atoms with van der Waals surface area (Å²) >= 11 is 1.65. The summed E-state index contributed by atoms with van der Waals surface area (Å²) in [6, 6.07) is 13.4. The number of benzene rings is 1. The largest absolute Gasteiger partial charge is 0.397 e. The molecule has 1 fully saturated rings. The molecule has 4 N–H and O–H groups in total. The van der Waals surface area contributed by atoms with Crippen LogP contribution in [0.25, 0.3) is 10.4 Å². The number of thiophene rings is 1. The van der Waals surface area contributed by atoms with Crippen LogP contribution >= 0.6 is 11.3 Å². The highest BCUT2D eigenvalue weighted by Crippen LogP contribution is 2.30. The van der Waals surface area contributed by atoms with E-state index in [1.165, 1.54) is 0 Å². The van der Waals surface area contributed by atoms with Gasteiger partial charge in [-0.05, 0) is 41.3 Å². The maximum atomic E-state index is 12.6. The molecule has 0 radical (unpaired) electrons. The van der Waals surface area contributed by atoms with Gasteiger partial charge >= 0.3 is 0 Å². The quantitative estimate of drug-likeness (QED) is 0.607. The smallest absolute Gasteiger partial charge is 0.257 e. The lowest BCUT2D eigenvalue weighted by Gasteiger charge is -2.28. The van der Waals surface area contributed by atoms with Crippen LogP contribution in [0.15, 0.2) is 54.0 Å². The number of nitrogens with one attached hydrogen (secondary N) is 2. The van der Waals surface area contributed by atoms with E-state index in [2.05, 4.69) is 20.5 Å². The second-order valence-corrected chi connectivity index (χ2v) is 7.32. The summed E-state index contributed by atoms with van der Waals surface area (Å²) < 4.78 is 0. The van der Waals surface area contributed by atoms with E-state index in [1.807, 2.05) is 41.8 Å². The summed E-state index contributed by atoms with van der Waals surface area (Å²) in [5.41, 5.74) is 8.73. The first-order chi connectivity index (χ1) is 13.2. The normalized spacial score (nSPS) is 14.1. The molecular weight excluding hydrogens is 358 g/mol. The molecule has 1 aromatic carbocycles. The number of nitrogens with two attached hydrogens (primary N) is 1. The third kappa shape index (κ3) is 3.94. The zero-order valence-corrected chi connectivity index (χ0v) is 15.6. The topological polar surface area (TPSA) is 83.3 Å². The fourth-order valence-electron chi connectivity index (χ4n) is 3.06. The summed E-state index contributed by atoms with van der Waals surface area (Å²) in [5, 5.41) is 8.24. The zero-order chi connectivity index (χ0) is 18.6. The van der Waals surface area contributed by atoms with Crippen molar-refractivity contribution in [2.24, 2.45) is 0 Å². The van der Waals surface area contributed by atoms with Crippen LogP contribution in [0.2, 0.25) is 0 Å². The molecule has 3 aromatic rings. The van der Waals surface area contributed by atoms with Crippen molar-refractivity contribution in [1.82, 2.24) is 10.3 Å². The second kappa shape index (κ2) is 7.77. The van der Waals surface area contributed by atoms with Crippen LogP contribution in [0.4, 0.5) is 17.2 Å². The Morgan fingerprint density at radius 3 is 2.74 bits per heavy atom. The third-order valence-electron chi connectivity index (χ3n) is 4.56. The molecule has 0 saturated carbocycles. The van der Waals surface area contributed by atoms with E-state index in [9.17, 15) is 4.79 Å². The summed E-state index contributed by atoms with van der Waals surface area (Å²) in [6.07, 6.45) is 1.62. The Morgan fingerprint density at radius 1 is 1.19 bits per heavy atom. The van der Waals surface area contributed by atoms with E-state index in [4.69, 9.17) is 5.73 Å². The van der Waals surface area contributed by atoms with Gasteiger partial charge in [0.05, 0.1) is 16.9 Å². The van der Waals surface area contributed by atoms with Gasteiger partial charge in [-0.25, -0.2) is 4.98 Å². The zero-order valence-electron chi connectivity index (χ0n) is 14.8. The molecule has 0 bridgehead atoms. The Kier molecular flexibility index (Phi) is 5.04. The van der Waals surface area contributed by atoms with E-state index in [1.54, 1.807) is 23.6 Å². The van der Waals surface area contributed by atoms with Crippen molar-refractivity contribution in [1.29, 1.82) is 0 Å². The minimum Gasteiger partial charge on any atom is -0.397 e. The standard InChI is InChI=1S/C20H21N5OS/c21-16-5-3-14(18-2-1-11-27-18)12-17(16)24-20(26)15-4-6-19(23-13-15)25-9-7-22-8-10-25/h1-6,11-13,22H,7-10,21H2,(H,24,26). The predicted molar refractivity (Wildman–Crippen MR) is 111 cm³/mol. The maximum absolute atomic E-state index is 12.6. The average Bonchev–Trinajstić information content (AvgIpc) is 3.25. The third-order valence-corrected chi connectivity index (χ3v) is 5.48. The molecule has 138 valence electrons. The molecule has 7 heteroatoms. The summed E-state index contributed by atoms with van der Waals surface area (Å²) in [6.45, 7) is 3.74. The maximum Gasteiger partial charge on any atom is 0.257 e. The van der Waals surface area contributed by atoms with Gasteiger partial charge in [-0.2, -0.15) is 0 Å². The van der Waals surface area contributed by atoms with Gasteiger partial charge in [0.25, 0.3) is 5.91 Å². The lowest BCUT2D eigenvalue weighted by molar-refractivity contribution is 0.102. The highest BCUT2D eigenvalue weighted by molar-refractivity contribution is 7.13. The van der Waals surface area contributed by atoms with Crippen molar-refractivity contribution < 1.29 is 4.79 Å². The van der Waals surface area contributed by atoms with E-state index < -0.39 is 0 Å². The number of amides is 1. The Hall–Kier alpha value is -2.90. The van der Waals surface area contributed by atoms with Crippen molar-refractivity contribution >= 4 is 34.4 Å². The molecule has 27 heavy (non-hydrogen) atoms. The van der Waals surface area contributed by atoms with Crippen LogP contribution in [0, 0.1) is 0 Å². The molecule has 2 aromatic heterocycles. The number of aromatic nitrogens is 1. The first kappa shape index (κ1) is 17.5. The first-order valence-electron chi connectivity index (χ1n) is 8.87. The fourth-order valence-corrected chi connectivity index (χ4v) is 3.78. The van der Waals surface area contributed by atoms with E-state index >= 15 is 0 Å². The highest BCUT2D eigenvalue weighted by atomic mass is 32.1. The number of carbonyl (C=O) groups is 1. The summed E-state index contributed by atoms with van der Waals surface area (Å²) in [5.74, 6) is 0.677. The number of hydrogen-bond acceptors (Lipinski definition) is 6. The van der Waals surface area contributed by atoms with Crippen LogP contribution in [-0.4, -0.2) is 37.1 Å². The van der Waals surface area contributed by atoms with Gasteiger partial charge in [-0.15, -0.1) is 11.3 Å². The second-order valence-electron chi connectivity index (χ2n) is 6.38. The molecule has 6 nitrogen and oxygen atoms in total. The lowest BCUT2D eigenvalue weighted by atomic mass is 10.1. The number of carbonyl (C=O) groups excluding carboxylic acids is 1. The number of pyridine rings is 1. The molecule has 4 rings (SSSR count). The number of piperazine rings is 1. The first-order valence-corrected chi connectivity index (χ1v) is 9.75. The lowest BCUT2D eigenvalue weighted by Crippen LogP contribution is -2.43. The molecule has 1 aliphatic rings. The molecule has 1 amide bonds. The highest BCUT2D eigenvalue weighted by Gasteiger charge is 2.14. The van der Waals surface area contributed by atoms with Crippen LogP contribution in [0.5, 0.6) is 0 Å².